The van der Waals surface area contributed by atoms with E-state index < -0.39 is 0 Å². The topological polar surface area (TPSA) is 34.0 Å². The summed E-state index contributed by atoms with van der Waals surface area (Å²) in [6.07, 6.45) is 0. The lowest BCUT2D eigenvalue weighted by Gasteiger charge is -2.29. The number of hydrogen-bond acceptors (Lipinski definition) is 4. The predicted molar refractivity (Wildman–Crippen MR) is 90.1 cm³/mol. The summed E-state index contributed by atoms with van der Waals surface area (Å²) < 4.78 is 15.2. The van der Waals surface area contributed by atoms with E-state index in [0.717, 1.165) is 33.1 Å². The fraction of sp³-hybridized carbons (Fsp3) is 0.125. The number of nitrogens with zero attached hydrogens (tertiary/aromatic N) is 4. The van der Waals surface area contributed by atoms with Crippen molar-refractivity contribution in [1.29, 1.82) is 0 Å². The van der Waals surface area contributed by atoms with Crippen molar-refractivity contribution in [1.82, 2.24) is 14.8 Å². The molecule has 0 N–H and O–H groups in total. The van der Waals surface area contributed by atoms with Gasteiger partial charge in [0.15, 0.2) is 11.0 Å². The predicted octanol–water partition coefficient (Wildman–Crippen LogP) is 4.26. The number of hydrogen-bond donors (Lipinski definition) is 0. The van der Waals surface area contributed by atoms with Gasteiger partial charge in [-0.2, -0.15) is 0 Å². The summed E-state index contributed by atoms with van der Waals surface area (Å²) in [7, 11) is 0. The number of benzene rings is 2. The largest absolute Gasteiger partial charge is 0.344 e. The number of halogens is 2. The second-order valence-electron chi connectivity index (χ2n) is 5.17. The average Bonchev–Trinajstić information content (AvgIpc) is 2.99. The fourth-order valence-corrected chi connectivity index (χ4v) is 3.52. The summed E-state index contributed by atoms with van der Waals surface area (Å²) in [5, 5.41) is 10.1. The third kappa shape index (κ3) is 2.80. The first-order chi connectivity index (χ1) is 11.2. The van der Waals surface area contributed by atoms with Gasteiger partial charge in [0, 0.05) is 16.3 Å². The van der Waals surface area contributed by atoms with Crippen molar-refractivity contribution in [2.24, 2.45) is 0 Å². The summed E-state index contributed by atoms with van der Waals surface area (Å²) in [5.74, 6) is 1.28. The molecule has 4 nitrogen and oxygen atoms in total. The lowest BCUT2D eigenvalue weighted by atomic mass is 10.2. The number of rotatable bonds is 2. The first-order valence-electron chi connectivity index (χ1n) is 7.03. The van der Waals surface area contributed by atoms with Crippen molar-refractivity contribution >= 4 is 29.1 Å². The van der Waals surface area contributed by atoms with Gasteiger partial charge in [0.1, 0.15) is 5.82 Å². The van der Waals surface area contributed by atoms with Crippen LogP contribution in [-0.4, -0.2) is 20.6 Å². The van der Waals surface area contributed by atoms with E-state index in [-0.39, 0.29) is 5.82 Å². The van der Waals surface area contributed by atoms with Crippen molar-refractivity contribution < 1.29 is 4.39 Å². The molecule has 23 heavy (non-hydrogen) atoms. The average molecular weight is 347 g/mol. The van der Waals surface area contributed by atoms with Crippen molar-refractivity contribution in [3.63, 3.8) is 0 Å². The van der Waals surface area contributed by atoms with Crippen molar-refractivity contribution in [3.8, 4) is 11.4 Å². The summed E-state index contributed by atoms with van der Waals surface area (Å²) in [4.78, 5) is 2.21. The van der Waals surface area contributed by atoms with Gasteiger partial charge in [0.05, 0.1) is 12.5 Å². The van der Waals surface area contributed by atoms with Gasteiger partial charge in [-0.1, -0.05) is 23.4 Å². The van der Waals surface area contributed by atoms with Crippen molar-refractivity contribution in [2.45, 2.75) is 11.8 Å². The first kappa shape index (κ1) is 14.5. The van der Waals surface area contributed by atoms with Gasteiger partial charge < -0.3 is 4.90 Å². The molecule has 0 spiro atoms. The second-order valence-corrected chi connectivity index (χ2v) is 6.52. The molecule has 0 saturated carbocycles. The van der Waals surface area contributed by atoms with Gasteiger partial charge in [0.2, 0.25) is 0 Å². The molecule has 116 valence electrons. The molecule has 3 aromatic rings. The Balaban J connectivity index is 1.67. The van der Waals surface area contributed by atoms with Crippen LogP contribution in [-0.2, 0) is 6.67 Å². The Morgan fingerprint density at radius 3 is 2.48 bits per heavy atom. The van der Waals surface area contributed by atoms with Crippen LogP contribution in [0.5, 0.6) is 0 Å². The quantitative estimate of drug-likeness (QED) is 0.694. The maximum atomic E-state index is 13.1. The minimum absolute atomic E-state index is 0.260. The first-order valence-corrected chi connectivity index (χ1v) is 8.39. The molecule has 0 radical (unpaired) electrons. The molecule has 1 aliphatic rings. The smallest absolute Gasteiger partial charge is 0.194 e. The van der Waals surface area contributed by atoms with Gasteiger partial charge in [-0.05, 0) is 48.5 Å². The molecule has 2 heterocycles. The van der Waals surface area contributed by atoms with Gasteiger partial charge >= 0.3 is 0 Å². The zero-order chi connectivity index (χ0) is 15.8. The lowest BCUT2D eigenvalue weighted by molar-refractivity contribution is 0.607. The minimum atomic E-state index is -0.260. The van der Waals surface area contributed by atoms with E-state index >= 15 is 0 Å². The standard InChI is InChI=1S/C16H12ClFN4S/c17-12-3-7-14(8-4-12)21-9-22-15(19-20-16(22)23-10-21)11-1-5-13(18)6-2-11/h1-8H,9-10H2. The minimum Gasteiger partial charge on any atom is -0.344 e. The van der Waals surface area contributed by atoms with Crippen LogP contribution < -0.4 is 4.90 Å². The van der Waals surface area contributed by atoms with E-state index in [4.69, 9.17) is 11.6 Å². The molecule has 0 aliphatic carbocycles. The van der Waals surface area contributed by atoms with Gasteiger partial charge in [-0.15, -0.1) is 10.2 Å². The highest BCUT2D eigenvalue weighted by Gasteiger charge is 2.22. The third-order valence-corrected chi connectivity index (χ3v) is 4.93. The number of aromatic nitrogens is 3. The number of fused-ring (bicyclic) bond motifs is 1. The van der Waals surface area contributed by atoms with E-state index in [1.807, 2.05) is 28.8 Å². The summed E-state index contributed by atoms with van der Waals surface area (Å²) in [6, 6.07) is 14.1. The summed E-state index contributed by atoms with van der Waals surface area (Å²) in [6.45, 7) is 0.643. The fourth-order valence-electron chi connectivity index (χ4n) is 2.49. The zero-order valence-corrected chi connectivity index (χ0v) is 13.6. The highest BCUT2D eigenvalue weighted by Crippen LogP contribution is 2.32. The van der Waals surface area contributed by atoms with Crippen molar-refractivity contribution in [2.75, 3.05) is 10.8 Å². The molecule has 0 atom stereocenters. The van der Waals surface area contributed by atoms with Crippen LogP contribution in [0.15, 0.2) is 53.7 Å². The molecule has 4 rings (SSSR count). The number of anilines is 1. The SMILES string of the molecule is Fc1ccc(-c2nnc3n2CN(c2ccc(Cl)cc2)CS3)cc1. The molecule has 0 amide bonds. The van der Waals surface area contributed by atoms with Crippen molar-refractivity contribution in [3.05, 3.63) is 59.4 Å². The van der Waals surface area contributed by atoms with E-state index in [0.29, 0.717) is 6.67 Å². The molecule has 0 fully saturated rings. The maximum absolute atomic E-state index is 13.1. The Morgan fingerprint density at radius 2 is 1.74 bits per heavy atom. The molecule has 0 saturated heterocycles. The molecule has 0 unspecified atom stereocenters. The molecule has 0 bridgehead atoms. The second kappa shape index (κ2) is 5.86. The molecular formula is C16H12ClFN4S. The Morgan fingerprint density at radius 1 is 1.00 bits per heavy atom. The normalized spacial score (nSPS) is 13.9. The molecule has 2 aromatic carbocycles. The van der Waals surface area contributed by atoms with Gasteiger partial charge in [0.25, 0.3) is 0 Å². The summed E-state index contributed by atoms with van der Waals surface area (Å²) in [5.41, 5.74) is 1.94. The van der Waals surface area contributed by atoms with Crippen LogP contribution in [0.2, 0.25) is 5.02 Å². The van der Waals surface area contributed by atoms with Crippen LogP contribution in [0, 0.1) is 5.82 Å². The van der Waals surface area contributed by atoms with E-state index in [1.54, 1.807) is 23.9 Å². The van der Waals surface area contributed by atoms with E-state index in [9.17, 15) is 4.39 Å². The number of thioether (sulfide) groups is 1. The Hall–Kier alpha value is -2.05. The van der Waals surface area contributed by atoms with E-state index in [2.05, 4.69) is 15.1 Å². The Kier molecular flexibility index (Phi) is 3.71. The van der Waals surface area contributed by atoms with Crippen LogP contribution in [0.4, 0.5) is 10.1 Å². The molecular weight excluding hydrogens is 335 g/mol. The van der Waals surface area contributed by atoms with Gasteiger partial charge in [-0.25, -0.2) is 4.39 Å². The van der Waals surface area contributed by atoms with Crippen LogP contribution >= 0.6 is 23.4 Å². The molecule has 1 aromatic heterocycles. The van der Waals surface area contributed by atoms with Crippen LogP contribution in [0.1, 0.15) is 0 Å². The van der Waals surface area contributed by atoms with E-state index in [1.165, 1.54) is 12.1 Å². The summed E-state index contributed by atoms with van der Waals surface area (Å²) >= 11 is 7.58. The third-order valence-electron chi connectivity index (χ3n) is 3.67. The van der Waals surface area contributed by atoms with Crippen LogP contribution in [0.25, 0.3) is 11.4 Å². The highest BCUT2D eigenvalue weighted by atomic mass is 35.5. The van der Waals surface area contributed by atoms with Crippen LogP contribution in [0.3, 0.4) is 0 Å². The Labute approximate surface area is 141 Å². The zero-order valence-electron chi connectivity index (χ0n) is 12.0. The maximum Gasteiger partial charge on any atom is 0.194 e. The molecule has 7 heteroatoms. The highest BCUT2D eigenvalue weighted by molar-refractivity contribution is 7.99. The molecule has 1 aliphatic heterocycles. The lowest BCUT2D eigenvalue weighted by Crippen LogP contribution is -2.30. The monoisotopic (exact) mass is 346 g/mol. The Bertz CT molecular complexity index is 832. The van der Waals surface area contributed by atoms with Gasteiger partial charge in [-0.3, -0.25) is 4.57 Å².